The van der Waals surface area contributed by atoms with Gasteiger partial charge in [-0.1, -0.05) is 5.10 Å². The van der Waals surface area contributed by atoms with Crippen molar-refractivity contribution in [2.45, 2.75) is 4.90 Å². The number of anilines is 1. The molecule has 3 rings (SSSR count). The monoisotopic (exact) mass is 361 g/mol. The molecule has 128 valence electrons. The van der Waals surface area contributed by atoms with E-state index in [-0.39, 0.29) is 22.4 Å². The highest BCUT2D eigenvalue weighted by atomic mass is 32.2. The van der Waals surface area contributed by atoms with E-state index in [1.165, 1.54) is 48.5 Å². The van der Waals surface area contributed by atoms with Gasteiger partial charge >= 0.3 is 6.01 Å². The third kappa shape index (κ3) is 3.89. The lowest BCUT2D eigenvalue weighted by atomic mass is 10.2. The van der Waals surface area contributed by atoms with Crippen LogP contribution in [0.15, 0.2) is 57.8 Å². The van der Waals surface area contributed by atoms with E-state index in [1.807, 2.05) is 0 Å². The van der Waals surface area contributed by atoms with Gasteiger partial charge in [-0.3, -0.25) is 10.1 Å². The maximum absolute atomic E-state index is 12.9. The van der Waals surface area contributed by atoms with Crippen LogP contribution in [0.2, 0.25) is 0 Å². The van der Waals surface area contributed by atoms with Crippen LogP contribution < -0.4 is 5.32 Å². The van der Waals surface area contributed by atoms with E-state index < -0.39 is 21.6 Å². The summed E-state index contributed by atoms with van der Waals surface area (Å²) < 4.78 is 41.0. The van der Waals surface area contributed by atoms with Crippen molar-refractivity contribution in [2.24, 2.45) is 0 Å². The Hall–Kier alpha value is -3.07. The van der Waals surface area contributed by atoms with Crippen molar-refractivity contribution < 1.29 is 22.0 Å². The second kappa shape index (κ2) is 6.44. The molecule has 0 aliphatic heterocycles. The summed E-state index contributed by atoms with van der Waals surface area (Å²) >= 11 is 0. The largest absolute Gasteiger partial charge is 0.403 e. The minimum absolute atomic E-state index is 0.112. The van der Waals surface area contributed by atoms with Gasteiger partial charge in [-0.15, -0.1) is 5.10 Å². The van der Waals surface area contributed by atoms with Gasteiger partial charge in [-0.2, -0.15) is 0 Å². The second-order valence-corrected chi connectivity index (χ2v) is 7.19. The minimum Gasteiger partial charge on any atom is -0.403 e. The number of carbonyl (C=O) groups is 1. The molecule has 0 bridgehead atoms. The van der Waals surface area contributed by atoms with Gasteiger partial charge in [0.1, 0.15) is 5.82 Å². The van der Waals surface area contributed by atoms with Crippen LogP contribution in [-0.2, 0) is 9.84 Å². The molecule has 7 nitrogen and oxygen atoms in total. The molecule has 1 amide bonds. The van der Waals surface area contributed by atoms with Gasteiger partial charge < -0.3 is 4.42 Å². The standard InChI is InChI=1S/C16H12FN3O4S/c1-25(22,23)13-8-4-10(5-9-13)14(21)18-16-20-19-15(24-16)11-2-6-12(17)7-3-11/h2-9H,1H3,(H,18,20,21). The molecule has 0 aliphatic carbocycles. The Balaban J connectivity index is 1.74. The molecule has 0 aliphatic rings. The fourth-order valence-corrected chi connectivity index (χ4v) is 2.64. The first-order chi connectivity index (χ1) is 11.8. The van der Waals surface area contributed by atoms with Gasteiger partial charge in [-0.05, 0) is 48.5 Å². The number of nitrogens with one attached hydrogen (secondary N) is 1. The first-order valence-electron chi connectivity index (χ1n) is 7.04. The van der Waals surface area contributed by atoms with Crippen LogP contribution in [0.1, 0.15) is 10.4 Å². The molecule has 0 saturated heterocycles. The molecule has 9 heteroatoms. The molecular formula is C16H12FN3O4S. The van der Waals surface area contributed by atoms with Crippen LogP contribution in [0.5, 0.6) is 0 Å². The summed E-state index contributed by atoms with van der Waals surface area (Å²) in [6.07, 6.45) is 1.08. The Morgan fingerprint density at radius 1 is 1.04 bits per heavy atom. The molecule has 0 unspecified atom stereocenters. The van der Waals surface area contributed by atoms with Gasteiger partial charge in [0.2, 0.25) is 5.89 Å². The quantitative estimate of drug-likeness (QED) is 0.766. The van der Waals surface area contributed by atoms with Gasteiger partial charge in [0.25, 0.3) is 5.91 Å². The fourth-order valence-electron chi connectivity index (χ4n) is 2.01. The normalized spacial score (nSPS) is 11.3. The van der Waals surface area contributed by atoms with E-state index >= 15 is 0 Å². The van der Waals surface area contributed by atoms with Gasteiger partial charge in [-0.25, -0.2) is 12.8 Å². The van der Waals surface area contributed by atoms with Crippen LogP contribution in [0.25, 0.3) is 11.5 Å². The van der Waals surface area contributed by atoms with Crippen LogP contribution in [0, 0.1) is 5.82 Å². The van der Waals surface area contributed by atoms with E-state index in [0.29, 0.717) is 5.56 Å². The highest BCUT2D eigenvalue weighted by molar-refractivity contribution is 7.90. The molecule has 1 heterocycles. The zero-order valence-electron chi connectivity index (χ0n) is 12.9. The number of nitrogens with zero attached hydrogens (tertiary/aromatic N) is 2. The lowest BCUT2D eigenvalue weighted by Gasteiger charge is -2.02. The first-order valence-corrected chi connectivity index (χ1v) is 8.93. The zero-order valence-corrected chi connectivity index (χ0v) is 13.7. The van der Waals surface area contributed by atoms with Crippen LogP contribution >= 0.6 is 0 Å². The fraction of sp³-hybridized carbons (Fsp3) is 0.0625. The summed E-state index contributed by atoms with van der Waals surface area (Å²) in [4.78, 5) is 12.2. The minimum atomic E-state index is -3.33. The van der Waals surface area contributed by atoms with E-state index in [4.69, 9.17) is 4.42 Å². The van der Waals surface area contributed by atoms with E-state index in [1.54, 1.807) is 0 Å². The van der Waals surface area contributed by atoms with Crippen LogP contribution in [-0.4, -0.2) is 30.8 Å². The zero-order chi connectivity index (χ0) is 18.0. The van der Waals surface area contributed by atoms with Gasteiger partial charge in [0.15, 0.2) is 9.84 Å². The smallest absolute Gasteiger partial charge is 0.322 e. The number of hydrogen-bond donors (Lipinski definition) is 1. The molecule has 0 atom stereocenters. The molecule has 1 aromatic heterocycles. The molecule has 0 fully saturated rings. The molecule has 0 spiro atoms. The number of rotatable bonds is 4. The van der Waals surface area contributed by atoms with Crippen molar-refractivity contribution in [3.8, 4) is 11.5 Å². The molecule has 3 aromatic rings. The number of amides is 1. The number of halogens is 1. The SMILES string of the molecule is CS(=O)(=O)c1ccc(C(=O)Nc2nnc(-c3ccc(F)cc3)o2)cc1. The summed E-state index contributed by atoms with van der Waals surface area (Å²) in [6.45, 7) is 0. The summed E-state index contributed by atoms with van der Waals surface area (Å²) in [5.74, 6) is -0.800. The maximum Gasteiger partial charge on any atom is 0.322 e. The molecule has 1 N–H and O–H groups in total. The number of benzene rings is 2. The summed E-state index contributed by atoms with van der Waals surface area (Å²) in [5.41, 5.74) is 0.737. The highest BCUT2D eigenvalue weighted by Crippen LogP contribution is 2.20. The lowest BCUT2D eigenvalue weighted by molar-refractivity contribution is 0.102. The first kappa shape index (κ1) is 16.8. The average Bonchev–Trinajstić information content (AvgIpc) is 3.03. The predicted octanol–water partition coefficient (Wildman–Crippen LogP) is 2.53. The topological polar surface area (TPSA) is 102 Å². The van der Waals surface area contributed by atoms with E-state index in [9.17, 15) is 17.6 Å². The van der Waals surface area contributed by atoms with Crippen molar-refractivity contribution in [2.75, 3.05) is 11.6 Å². The summed E-state index contributed by atoms with van der Waals surface area (Å²) in [5, 5.41) is 9.89. The third-order valence-corrected chi connectivity index (χ3v) is 4.41. The highest BCUT2D eigenvalue weighted by Gasteiger charge is 2.14. The van der Waals surface area contributed by atoms with Crippen molar-refractivity contribution in [3.63, 3.8) is 0 Å². The average molecular weight is 361 g/mol. The summed E-state index contributed by atoms with van der Waals surface area (Å²) in [6, 6.07) is 10.7. The molecule has 0 saturated carbocycles. The van der Waals surface area contributed by atoms with Crippen molar-refractivity contribution in [1.29, 1.82) is 0 Å². The van der Waals surface area contributed by atoms with Crippen molar-refractivity contribution in [3.05, 3.63) is 59.9 Å². The number of carbonyl (C=O) groups excluding carboxylic acids is 1. The second-order valence-electron chi connectivity index (χ2n) is 5.17. The number of hydrogen-bond acceptors (Lipinski definition) is 6. The Labute approximate surface area is 142 Å². The Morgan fingerprint density at radius 2 is 1.68 bits per heavy atom. The van der Waals surface area contributed by atoms with Gasteiger partial charge in [0, 0.05) is 17.4 Å². The maximum atomic E-state index is 12.9. The van der Waals surface area contributed by atoms with Crippen LogP contribution in [0.3, 0.4) is 0 Å². The number of sulfone groups is 1. The summed E-state index contributed by atoms with van der Waals surface area (Å²) in [7, 11) is -3.33. The molecule has 2 aromatic carbocycles. The van der Waals surface area contributed by atoms with Crippen LogP contribution in [0.4, 0.5) is 10.4 Å². The van der Waals surface area contributed by atoms with Crippen molar-refractivity contribution >= 4 is 21.8 Å². The van der Waals surface area contributed by atoms with E-state index in [2.05, 4.69) is 15.5 Å². The third-order valence-electron chi connectivity index (χ3n) is 3.28. The predicted molar refractivity (Wildman–Crippen MR) is 87.2 cm³/mol. The number of aromatic nitrogens is 2. The van der Waals surface area contributed by atoms with Gasteiger partial charge in [0.05, 0.1) is 4.90 Å². The lowest BCUT2D eigenvalue weighted by Crippen LogP contribution is -2.12. The van der Waals surface area contributed by atoms with E-state index in [0.717, 1.165) is 6.26 Å². The Bertz CT molecular complexity index is 1010. The van der Waals surface area contributed by atoms with Crippen molar-refractivity contribution in [1.82, 2.24) is 10.2 Å². The Morgan fingerprint density at radius 3 is 2.28 bits per heavy atom. The Kier molecular flexibility index (Phi) is 4.32. The molecular weight excluding hydrogens is 349 g/mol. The molecule has 25 heavy (non-hydrogen) atoms. The molecule has 0 radical (unpaired) electrons.